The molecule has 2 rings (SSSR count). The first-order valence-corrected chi connectivity index (χ1v) is 6.10. The first-order chi connectivity index (χ1) is 8.02. The minimum absolute atomic E-state index is 0.197. The number of aromatic nitrogens is 2. The van der Waals surface area contributed by atoms with Gasteiger partial charge in [0.15, 0.2) is 5.15 Å². The fourth-order valence-electron chi connectivity index (χ4n) is 2.48. The van der Waals surface area contributed by atoms with Crippen molar-refractivity contribution in [2.24, 2.45) is 5.92 Å². The van der Waals surface area contributed by atoms with E-state index in [4.69, 9.17) is 11.6 Å². The van der Waals surface area contributed by atoms with Crippen molar-refractivity contribution in [1.82, 2.24) is 9.55 Å². The zero-order chi connectivity index (χ0) is 12.6. The van der Waals surface area contributed by atoms with Gasteiger partial charge in [-0.3, -0.25) is 14.3 Å². The molecule has 0 spiro atoms. The van der Waals surface area contributed by atoms with Crippen molar-refractivity contribution in [2.45, 2.75) is 38.6 Å². The summed E-state index contributed by atoms with van der Waals surface area (Å²) in [6, 6.07) is -0.230. The van der Waals surface area contributed by atoms with Crippen molar-refractivity contribution in [1.29, 1.82) is 0 Å². The summed E-state index contributed by atoms with van der Waals surface area (Å²) in [7, 11) is 0. The quantitative estimate of drug-likeness (QED) is 0.786. The number of H-pyrrole nitrogens is 1. The first-order valence-electron chi connectivity index (χ1n) is 5.72. The van der Waals surface area contributed by atoms with Crippen molar-refractivity contribution < 1.29 is 4.39 Å². The second-order valence-electron chi connectivity index (χ2n) is 4.56. The topological polar surface area (TPSA) is 54.9 Å². The number of hydrogen-bond donors (Lipinski definition) is 1. The summed E-state index contributed by atoms with van der Waals surface area (Å²) in [5.74, 6) is -0.882. The first kappa shape index (κ1) is 12.4. The van der Waals surface area contributed by atoms with E-state index in [-0.39, 0.29) is 12.0 Å². The molecule has 0 aliphatic heterocycles. The molecule has 1 fully saturated rings. The number of nitrogens with one attached hydrogen (secondary N) is 1. The van der Waals surface area contributed by atoms with Gasteiger partial charge in [0.25, 0.3) is 5.56 Å². The van der Waals surface area contributed by atoms with Crippen LogP contribution in [0.3, 0.4) is 0 Å². The zero-order valence-corrected chi connectivity index (χ0v) is 10.3. The summed E-state index contributed by atoms with van der Waals surface area (Å²) in [6.45, 7) is 1.97. The van der Waals surface area contributed by atoms with Gasteiger partial charge in [0, 0.05) is 6.04 Å². The van der Waals surface area contributed by atoms with Crippen LogP contribution in [0.2, 0.25) is 5.15 Å². The molecular weight excluding hydrogens is 247 g/mol. The lowest BCUT2D eigenvalue weighted by molar-refractivity contribution is 0.242. The van der Waals surface area contributed by atoms with Crippen molar-refractivity contribution in [2.75, 3.05) is 0 Å². The van der Waals surface area contributed by atoms with E-state index >= 15 is 0 Å². The number of nitrogens with zero attached hydrogens (tertiary/aromatic N) is 1. The van der Waals surface area contributed by atoms with E-state index < -0.39 is 22.2 Å². The minimum Gasteiger partial charge on any atom is -0.295 e. The second-order valence-corrected chi connectivity index (χ2v) is 4.94. The van der Waals surface area contributed by atoms with Gasteiger partial charge in [-0.25, -0.2) is 4.79 Å². The number of aromatic amines is 1. The molecule has 17 heavy (non-hydrogen) atoms. The molecule has 0 bridgehead atoms. The van der Waals surface area contributed by atoms with Crippen LogP contribution >= 0.6 is 11.6 Å². The number of hydrogen-bond acceptors (Lipinski definition) is 2. The molecule has 2 unspecified atom stereocenters. The summed E-state index contributed by atoms with van der Waals surface area (Å²) >= 11 is 5.42. The Morgan fingerprint density at radius 2 is 2.00 bits per heavy atom. The highest BCUT2D eigenvalue weighted by Crippen LogP contribution is 2.31. The molecule has 1 aliphatic rings. The van der Waals surface area contributed by atoms with Gasteiger partial charge in [-0.2, -0.15) is 4.39 Å². The third-order valence-electron chi connectivity index (χ3n) is 3.43. The Morgan fingerprint density at radius 3 is 2.65 bits per heavy atom. The predicted octanol–water partition coefficient (Wildman–Crippen LogP) is 2.08. The molecule has 1 aromatic heterocycles. The van der Waals surface area contributed by atoms with Crippen LogP contribution in [-0.4, -0.2) is 9.55 Å². The third-order valence-corrected chi connectivity index (χ3v) is 3.69. The van der Waals surface area contributed by atoms with E-state index in [1.54, 1.807) is 0 Å². The Balaban J connectivity index is 2.55. The molecule has 0 amide bonds. The Bertz CT molecular complexity index is 537. The van der Waals surface area contributed by atoms with Crippen LogP contribution in [-0.2, 0) is 0 Å². The van der Waals surface area contributed by atoms with Gasteiger partial charge in [-0.1, -0.05) is 31.4 Å². The normalized spacial score (nSPS) is 24.9. The summed E-state index contributed by atoms with van der Waals surface area (Å²) in [6.07, 6.45) is 3.71. The molecule has 1 heterocycles. The van der Waals surface area contributed by atoms with Gasteiger partial charge in [-0.05, 0) is 18.8 Å². The van der Waals surface area contributed by atoms with E-state index in [1.807, 2.05) is 6.92 Å². The number of halogens is 2. The lowest BCUT2D eigenvalue weighted by Gasteiger charge is -2.29. The molecule has 0 saturated heterocycles. The molecule has 1 aliphatic carbocycles. The Labute approximate surface area is 102 Å². The van der Waals surface area contributed by atoms with Gasteiger partial charge in [0.05, 0.1) is 0 Å². The van der Waals surface area contributed by atoms with E-state index in [1.165, 1.54) is 0 Å². The van der Waals surface area contributed by atoms with Gasteiger partial charge < -0.3 is 0 Å². The summed E-state index contributed by atoms with van der Waals surface area (Å²) in [5, 5.41) is -0.514. The van der Waals surface area contributed by atoms with Crippen molar-refractivity contribution in [3.63, 3.8) is 0 Å². The molecule has 0 aromatic carbocycles. The maximum Gasteiger partial charge on any atom is 0.329 e. The van der Waals surface area contributed by atoms with Crippen LogP contribution in [0.1, 0.15) is 38.6 Å². The lowest BCUT2D eigenvalue weighted by Crippen LogP contribution is -2.42. The maximum atomic E-state index is 13.4. The fourth-order valence-corrected chi connectivity index (χ4v) is 2.64. The monoisotopic (exact) mass is 260 g/mol. The zero-order valence-electron chi connectivity index (χ0n) is 9.50. The van der Waals surface area contributed by atoms with Gasteiger partial charge in [0.2, 0.25) is 5.82 Å². The van der Waals surface area contributed by atoms with Gasteiger partial charge in [-0.15, -0.1) is 0 Å². The summed E-state index contributed by atoms with van der Waals surface area (Å²) < 4.78 is 14.4. The largest absolute Gasteiger partial charge is 0.329 e. The Hall–Kier alpha value is -1.10. The van der Waals surface area contributed by atoms with Crippen molar-refractivity contribution >= 4 is 11.6 Å². The molecule has 4 nitrogen and oxygen atoms in total. The predicted molar refractivity (Wildman–Crippen MR) is 63.0 cm³/mol. The molecule has 1 aromatic rings. The molecular formula is C11H14ClFN2O2. The number of rotatable bonds is 1. The van der Waals surface area contributed by atoms with Gasteiger partial charge >= 0.3 is 5.69 Å². The highest BCUT2D eigenvalue weighted by atomic mass is 35.5. The van der Waals surface area contributed by atoms with E-state index in [9.17, 15) is 14.0 Å². The van der Waals surface area contributed by atoms with E-state index in [0.29, 0.717) is 0 Å². The van der Waals surface area contributed by atoms with Crippen molar-refractivity contribution in [3.8, 4) is 0 Å². The summed E-state index contributed by atoms with van der Waals surface area (Å²) in [4.78, 5) is 25.6. The molecule has 94 valence electrons. The van der Waals surface area contributed by atoms with E-state index in [0.717, 1.165) is 30.3 Å². The van der Waals surface area contributed by atoms with Crippen LogP contribution in [0.4, 0.5) is 4.39 Å². The average molecular weight is 261 g/mol. The maximum absolute atomic E-state index is 13.4. The Morgan fingerprint density at radius 1 is 1.35 bits per heavy atom. The molecule has 0 radical (unpaired) electrons. The van der Waals surface area contributed by atoms with Crippen molar-refractivity contribution in [3.05, 3.63) is 31.8 Å². The molecule has 2 atom stereocenters. The third kappa shape index (κ3) is 2.16. The molecule has 1 saturated carbocycles. The minimum atomic E-state index is -1.08. The fraction of sp³-hybridized carbons (Fsp3) is 0.636. The standard InChI is InChI=1S/C11H14ClFN2O2/c1-6-4-2-3-5-7(6)15-10(16)8(13)9(12)14-11(15)17/h6-7H,2-5H2,1H3,(H,14,17). The SMILES string of the molecule is CC1CCCCC1n1c(=O)[nH]c(Cl)c(F)c1=O. The lowest BCUT2D eigenvalue weighted by atomic mass is 9.86. The second kappa shape index (κ2) is 4.64. The van der Waals surface area contributed by atoms with Gasteiger partial charge in [0.1, 0.15) is 0 Å². The average Bonchev–Trinajstić information content (AvgIpc) is 2.29. The van der Waals surface area contributed by atoms with Crippen LogP contribution in [0, 0.1) is 11.7 Å². The summed E-state index contributed by atoms with van der Waals surface area (Å²) in [5.41, 5.74) is -1.54. The van der Waals surface area contributed by atoms with Crippen LogP contribution in [0.5, 0.6) is 0 Å². The molecule has 6 heteroatoms. The molecule has 1 N–H and O–H groups in total. The smallest absolute Gasteiger partial charge is 0.295 e. The Kier molecular flexibility index (Phi) is 3.38. The highest BCUT2D eigenvalue weighted by molar-refractivity contribution is 6.29. The highest BCUT2D eigenvalue weighted by Gasteiger charge is 2.27. The van der Waals surface area contributed by atoms with E-state index in [2.05, 4.69) is 4.98 Å². The van der Waals surface area contributed by atoms with Crippen LogP contribution < -0.4 is 11.2 Å². The van der Waals surface area contributed by atoms with Crippen LogP contribution in [0.25, 0.3) is 0 Å². The van der Waals surface area contributed by atoms with Crippen LogP contribution in [0.15, 0.2) is 9.59 Å².